The number of carboxylic acid groups (broad SMARTS) is 1. The number of hydrogen-bond donors (Lipinski definition) is 3. The minimum absolute atomic E-state index is 0.0401. The topological polar surface area (TPSA) is 121 Å². The highest BCUT2D eigenvalue weighted by molar-refractivity contribution is 5.81. The normalized spacial score (nSPS) is 13.2. The van der Waals surface area contributed by atoms with Gasteiger partial charge < -0.3 is 29.7 Å². The molecular formula is C33H41F2N3O6. The summed E-state index contributed by atoms with van der Waals surface area (Å²) in [5.41, 5.74) is 0.357. The molecule has 0 saturated heterocycles. The number of nitrogens with one attached hydrogen (secondary N) is 1. The SMILES string of the molecule is CC(C)(C)OC(=O)NC(CCN(C(=O)CO)C(c1cc(-c2cc(F)ccc2F)cn1Cc1ccccc1)C(C)(C)C)C(=O)O. The molecule has 0 radical (unpaired) electrons. The van der Waals surface area contributed by atoms with E-state index in [1.165, 1.54) is 4.90 Å². The number of aliphatic carboxylic acids is 1. The molecule has 9 nitrogen and oxygen atoms in total. The fraction of sp³-hybridized carbons (Fsp3) is 0.424. The van der Waals surface area contributed by atoms with Crippen molar-refractivity contribution >= 4 is 18.0 Å². The van der Waals surface area contributed by atoms with Gasteiger partial charge in [0.25, 0.3) is 0 Å². The molecule has 0 aliphatic heterocycles. The summed E-state index contributed by atoms with van der Waals surface area (Å²) in [5, 5.41) is 22.2. The molecule has 2 atom stereocenters. The Labute approximate surface area is 256 Å². The van der Waals surface area contributed by atoms with E-state index in [0.29, 0.717) is 17.8 Å². The molecule has 2 amide bonds. The number of carbonyl (C=O) groups excluding carboxylic acids is 2. The molecule has 3 aromatic rings. The number of carboxylic acids is 1. The number of amides is 2. The van der Waals surface area contributed by atoms with Crippen LogP contribution in [-0.2, 0) is 20.9 Å². The summed E-state index contributed by atoms with van der Waals surface area (Å²) >= 11 is 0. The Morgan fingerprint density at radius 2 is 1.66 bits per heavy atom. The maximum atomic E-state index is 14.9. The average molecular weight is 614 g/mol. The number of rotatable bonds is 11. The first-order valence-corrected chi connectivity index (χ1v) is 14.3. The number of ether oxygens (including phenoxy) is 1. The van der Waals surface area contributed by atoms with E-state index in [0.717, 1.165) is 23.8 Å². The van der Waals surface area contributed by atoms with Crippen LogP contribution in [0.3, 0.4) is 0 Å². The third-order valence-electron chi connectivity index (χ3n) is 6.88. The lowest BCUT2D eigenvalue weighted by molar-refractivity contribution is -0.143. The maximum Gasteiger partial charge on any atom is 0.408 e. The largest absolute Gasteiger partial charge is 0.480 e. The minimum Gasteiger partial charge on any atom is -0.480 e. The molecule has 0 spiro atoms. The van der Waals surface area contributed by atoms with Crippen LogP contribution in [0.1, 0.15) is 65.3 Å². The van der Waals surface area contributed by atoms with Crippen LogP contribution in [0.25, 0.3) is 11.1 Å². The van der Waals surface area contributed by atoms with Crippen LogP contribution in [0.15, 0.2) is 60.8 Å². The molecule has 2 unspecified atom stereocenters. The number of nitrogens with zero attached hydrogens (tertiary/aromatic N) is 2. The zero-order valence-electron chi connectivity index (χ0n) is 25.9. The third-order valence-corrected chi connectivity index (χ3v) is 6.88. The van der Waals surface area contributed by atoms with Crippen molar-refractivity contribution in [1.82, 2.24) is 14.8 Å². The minimum atomic E-state index is -1.40. The van der Waals surface area contributed by atoms with Gasteiger partial charge in [0.2, 0.25) is 5.91 Å². The molecule has 3 N–H and O–H groups in total. The zero-order chi connectivity index (χ0) is 32.8. The molecule has 3 rings (SSSR count). The number of aliphatic hydroxyl groups is 1. The van der Waals surface area contributed by atoms with Crippen LogP contribution in [0.4, 0.5) is 13.6 Å². The Morgan fingerprint density at radius 3 is 2.23 bits per heavy atom. The molecule has 44 heavy (non-hydrogen) atoms. The second-order valence-electron chi connectivity index (χ2n) is 12.7. The van der Waals surface area contributed by atoms with Gasteiger partial charge in [-0.15, -0.1) is 0 Å². The van der Waals surface area contributed by atoms with Gasteiger partial charge in [0.15, 0.2) is 0 Å². The lowest BCUT2D eigenvalue weighted by Gasteiger charge is -2.41. The van der Waals surface area contributed by atoms with Crippen molar-refractivity contribution in [3.05, 3.63) is 83.7 Å². The second-order valence-corrected chi connectivity index (χ2v) is 12.7. The molecule has 0 fully saturated rings. The van der Waals surface area contributed by atoms with E-state index in [-0.39, 0.29) is 18.5 Å². The molecule has 0 aliphatic rings. The lowest BCUT2D eigenvalue weighted by Crippen LogP contribution is -2.48. The Bertz CT molecular complexity index is 1460. The van der Waals surface area contributed by atoms with Gasteiger partial charge in [-0.05, 0) is 62.4 Å². The van der Waals surface area contributed by atoms with Gasteiger partial charge in [-0.25, -0.2) is 18.4 Å². The summed E-state index contributed by atoms with van der Waals surface area (Å²) < 4.78 is 36.2. The average Bonchev–Trinajstić information content (AvgIpc) is 3.32. The summed E-state index contributed by atoms with van der Waals surface area (Å²) in [6, 6.07) is 12.2. The van der Waals surface area contributed by atoms with Crippen molar-refractivity contribution in [2.45, 2.75) is 72.2 Å². The van der Waals surface area contributed by atoms with Gasteiger partial charge in [-0.3, -0.25) is 4.79 Å². The van der Waals surface area contributed by atoms with Crippen LogP contribution < -0.4 is 5.32 Å². The molecule has 1 aromatic heterocycles. The van der Waals surface area contributed by atoms with Gasteiger partial charge in [-0.1, -0.05) is 51.1 Å². The van der Waals surface area contributed by atoms with Crippen molar-refractivity contribution in [2.24, 2.45) is 5.41 Å². The molecule has 0 bridgehead atoms. The molecule has 1 heterocycles. The number of aromatic nitrogens is 1. The number of benzene rings is 2. The molecular weight excluding hydrogens is 572 g/mol. The lowest BCUT2D eigenvalue weighted by atomic mass is 9.82. The summed E-state index contributed by atoms with van der Waals surface area (Å²) in [4.78, 5) is 39.1. The Balaban J connectivity index is 2.10. The highest BCUT2D eigenvalue weighted by atomic mass is 19.1. The number of alkyl carbamates (subject to hydrolysis) is 1. The van der Waals surface area contributed by atoms with Gasteiger partial charge in [-0.2, -0.15) is 0 Å². The van der Waals surface area contributed by atoms with E-state index in [2.05, 4.69) is 5.32 Å². The number of hydrogen-bond acceptors (Lipinski definition) is 5. The van der Waals surface area contributed by atoms with Crippen molar-refractivity contribution in [3.8, 4) is 11.1 Å². The maximum absolute atomic E-state index is 14.9. The van der Waals surface area contributed by atoms with E-state index in [1.807, 2.05) is 55.7 Å². The molecule has 2 aromatic carbocycles. The monoisotopic (exact) mass is 613 g/mol. The first kappa shape index (κ1) is 34.2. The Hall–Kier alpha value is -4.25. The van der Waals surface area contributed by atoms with Crippen LogP contribution in [0.5, 0.6) is 0 Å². The predicted octanol–water partition coefficient (Wildman–Crippen LogP) is 5.76. The van der Waals surface area contributed by atoms with Crippen molar-refractivity contribution in [1.29, 1.82) is 0 Å². The highest BCUT2D eigenvalue weighted by Gasteiger charge is 2.38. The summed E-state index contributed by atoms with van der Waals surface area (Å²) in [7, 11) is 0. The number of aliphatic hydroxyl groups excluding tert-OH is 1. The predicted molar refractivity (Wildman–Crippen MR) is 162 cm³/mol. The summed E-state index contributed by atoms with van der Waals surface area (Å²) in [6.07, 6.45) is 0.568. The van der Waals surface area contributed by atoms with E-state index in [1.54, 1.807) is 33.0 Å². The van der Waals surface area contributed by atoms with Crippen LogP contribution >= 0.6 is 0 Å². The van der Waals surface area contributed by atoms with E-state index < -0.39 is 59.3 Å². The van der Waals surface area contributed by atoms with Crippen molar-refractivity contribution in [2.75, 3.05) is 13.2 Å². The smallest absolute Gasteiger partial charge is 0.408 e. The molecule has 0 aliphatic carbocycles. The molecule has 238 valence electrons. The summed E-state index contributed by atoms with van der Waals surface area (Å²) in [6.45, 7) is 9.90. The van der Waals surface area contributed by atoms with Gasteiger partial charge in [0.05, 0.1) is 6.04 Å². The summed E-state index contributed by atoms with van der Waals surface area (Å²) in [5.74, 6) is -3.23. The number of halogens is 2. The quantitative estimate of drug-likeness (QED) is 0.253. The highest BCUT2D eigenvalue weighted by Crippen LogP contribution is 2.41. The first-order chi connectivity index (χ1) is 20.5. The van der Waals surface area contributed by atoms with Crippen molar-refractivity contribution < 1.29 is 38.1 Å². The van der Waals surface area contributed by atoms with E-state index in [4.69, 9.17) is 4.74 Å². The molecule has 11 heteroatoms. The third kappa shape index (κ3) is 9.12. The fourth-order valence-corrected chi connectivity index (χ4v) is 5.08. The Kier molecular flexibility index (Phi) is 10.9. The van der Waals surface area contributed by atoms with Gasteiger partial charge in [0.1, 0.15) is 29.9 Å². The van der Waals surface area contributed by atoms with E-state index in [9.17, 15) is 33.4 Å². The second kappa shape index (κ2) is 14.0. The van der Waals surface area contributed by atoms with Crippen LogP contribution in [0.2, 0.25) is 0 Å². The fourth-order valence-electron chi connectivity index (χ4n) is 5.08. The zero-order valence-corrected chi connectivity index (χ0v) is 25.9. The number of carbonyl (C=O) groups is 3. The molecule has 0 saturated carbocycles. The van der Waals surface area contributed by atoms with E-state index >= 15 is 0 Å². The first-order valence-electron chi connectivity index (χ1n) is 14.3. The van der Waals surface area contributed by atoms with Gasteiger partial charge in [0, 0.05) is 36.1 Å². The van der Waals surface area contributed by atoms with Crippen LogP contribution in [-0.4, -0.2) is 62.4 Å². The van der Waals surface area contributed by atoms with Gasteiger partial charge >= 0.3 is 12.1 Å². The van der Waals surface area contributed by atoms with Crippen LogP contribution in [0, 0.1) is 17.0 Å². The van der Waals surface area contributed by atoms with Crippen molar-refractivity contribution in [3.63, 3.8) is 0 Å². The Morgan fingerprint density at radius 1 is 1.00 bits per heavy atom. The standard InChI is InChI=1S/C33H41F2N3O6/c1-32(2,3)29(38(28(40)20-39)15-14-26(30(41)42)36-31(43)44-33(4,5)6)27-16-22(24-17-23(34)12-13-25(24)35)19-37(27)18-21-10-8-7-9-11-21/h7-13,16-17,19,26,29,39H,14-15,18,20H2,1-6H3,(H,36,43)(H,41,42).